The molecule has 100 valence electrons. The zero-order chi connectivity index (χ0) is 13.1. The third kappa shape index (κ3) is 13.3. The highest BCUT2D eigenvalue weighted by Crippen LogP contribution is 2.35. The van der Waals surface area contributed by atoms with Crippen LogP contribution >= 0.6 is 7.82 Å². The number of phosphoric acid groups is 1. The monoisotopic (exact) mass is 266 g/mol. The number of unbranched alkanes of at least 4 members (excludes halogenated alkanes) is 4. The summed E-state index contributed by atoms with van der Waals surface area (Å²) in [6, 6.07) is 0. The molecule has 0 aliphatic rings. The van der Waals surface area contributed by atoms with Gasteiger partial charge in [0.15, 0.2) is 0 Å². The lowest BCUT2D eigenvalue weighted by Crippen LogP contribution is -2.01. The first-order chi connectivity index (χ1) is 7.95. The zero-order valence-electron chi connectivity index (χ0n) is 9.71. The molecule has 0 fully saturated rings. The summed E-state index contributed by atoms with van der Waals surface area (Å²) in [4.78, 5) is 27.4. The van der Waals surface area contributed by atoms with Gasteiger partial charge >= 0.3 is 13.8 Å². The SMILES string of the molecule is C=CC(=O)OCCCCCCCOP(=O)(O)O. The molecule has 0 heterocycles. The fraction of sp³-hybridized carbons (Fsp3) is 0.700. The predicted octanol–water partition coefficient (Wildman–Crippen LogP) is 1.78. The Morgan fingerprint density at radius 3 is 2.18 bits per heavy atom. The van der Waals surface area contributed by atoms with Crippen molar-refractivity contribution in [1.82, 2.24) is 0 Å². The maximum absolute atomic E-state index is 10.6. The Kier molecular flexibility index (Phi) is 8.99. The van der Waals surface area contributed by atoms with Crippen LogP contribution in [0.5, 0.6) is 0 Å². The Bertz CT molecular complexity index is 272. The van der Waals surface area contributed by atoms with Crippen molar-refractivity contribution in [2.45, 2.75) is 32.1 Å². The summed E-state index contributed by atoms with van der Waals surface area (Å²) >= 11 is 0. The Labute approximate surface area is 101 Å². The minimum absolute atomic E-state index is 0.0652. The van der Waals surface area contributed by atoms with Gasteiger partial charge < -0.3 is 14.5 Å². The third-order valence-electron chi connectivity index (χ3n) is 1.96. The molecule has 0 saturated carbocycles. The summed E-state index contributed by atoms with van der Waals surface area (Å²) < 4.78 is 19.4. The molecule has 7 heteroatoms. The van der Waals surface area contributed by atoms with Gasteiger partial charge in [-0.2, -0.15) is 0 Å². The number of hydrogen-bond donors (Lipinski definition) is 2. The predicted molar refractivity (Wildman–Crippen MR) is 62.2 cm³/mol. The number of hydrogen-bond acceptors (Lipinski definition) is 4. The zero-order valence-corrected chi connectivity index (χ0v) is 10.6. The topological polar surface area (TPSA) is 93.1 Å². The minimum Gasteiger partial charge on any atom is -0.463 e. The Hall–Kier alpha value is -0.680. The van der Waals surface area contributed by atoms with Gasteiger partial charge in [-0.05, 0) is 12.8 Å². The summed E-state index contributed by atoms with van der Waals surface area (Å²) in [6.45, 7) is 3.72. The van der Waals surface area contributed by atoms with E-state index in [9.17, 15) is 9.36 Å². The van der Waals surface area contributed by atoms with Gasteiger partial charge in [0.25, 0.3) is 0 Å². The molecule has 0 aromatic heterocycles. The molecule has 0 rings (SSSR count). The minimum atomic E-state index is -4.31. The molecule has 17 heavy (non-hydrogen) atoms. The van der Waals surface area contributed by atoms with Crippen LogP contribution in [-0.2, 0) is 18.6 Å². The van der Waals surface area contributed by atoms with Crippen molar-refractivity contribution in [3.8, 4) is 0 Å². The molecule has 0 aliphatic heterocycles. The normalized spacial score (nSPS) is 11.2. The van der Waals surface area contributed by atoms with Crippen molar-refractivity contribution < 1.29 is 28.4 Å². The molecule has 0 aliphatic carbocycles. The van der Waals surface area contributed by atoms with Crippen LogP contribution in [0.4, 0.5) is 0 Å². The van der Waals surface area contributed by atoms with Crippen molar-refractivity contribution in [3.05, 3.63) is 12.7 Å². The number of esters is 1. The standard InChI is InChI=1S/C10H19O6P/c1-2-10(11)15-8-6-4-3-5-7-9-16-17(12,13)14/h2H,1,3-9H2,(H2,12,13,14). The van der Waals surface area contributed by atoms with Gasteiger partial charge in [-0.25, -0.2) is 9.36 Å². The number of ether oxygens (including phenoxy) is 1. The lowest BCUT2D eigenvalue weighted by Gasteiger charge is -2.05. The van der Waals surface area contributed by atoms with Crippen LogP contribution in [0, 0.1) is 0 Å². The van der Waals surface area contributed by atoms with Crippen LogP contribution in [0.2, 0.25) is 0 Å². The van der Waals surface area contributed by atoms with Crippen LogP contribution in [0.25, 0.3) is 0 Å². The van der Waals surface area contributed by atoms with E-state index in [1.165, 1.54) is 0 Å². The molecule has 0 atom stereocenters. The van der Waals surface area contributed by atoms with Gasteiger partial charge in [0.1, 0.15) is 0 Å². The molecule has 0 aromatic carbocycles. The highest BCUT2D eigenvalue weighted by atomic mass is 31.2. The fourth-order valence-corrected chi connectivity index (χ4v) is 1.52. The van der Waals surface area contributed by atoms with Crippen LogP contribution in [0.3, 0.4) is 0 Å². The van der Waals surface area contributed by atoms with Crippen molar-refractivity contribution in [3.63, 3.8) is 0 Å². The second kappa shape index (κ2) is 9.36. The third-order valence-corrected chi connectivity index (χ3v) is 2.48. The highest BCUT2D eigenvalue weighted by Gasteiger charge is 2.12. The van der Waals surface area contributed by atoms with Crippen LogP contribution < -0.4 is 0 Å². The van der Waals surface area contributed by atoms with E-state index >= 15 is 0 Å². The van der Waals surface area contributed by atoms with E-state index in [0.29, 0.717) is 13.0 Å². The summed E-state index contributed by atoms with van der Waals surface area (Å²) in [5.41, 5.74) is 0. The molecule has 0 bridgehead atoms. The van der Waals surface area contributed by atoms with E-state index in [0.717, 1.165) is 31.8 Å². The maximum atomic E-state index is 10.6. The number of rotatable bonds is 10. The van der Waals surface area contributed by atoms with E-state index in [1.54, 1.807) is 0 Å². The second-order valence-electron chi connectivity index (χ2n) is 3.46. The summed E-state index contributed by atoms with van der Waals surface area (Å²) in [6.07, 6.45) is 5.15. The Balaban J connectivity index is 3.17. The maximum Gasteiger partial charge on any atom is 0.469 e. The van der Waals surface area contributed by atoms with E-state index < -0.39 is 13.8 Å². The van der Waals surface area contributed by atoms with E-state index in [-0.39, 0.29) is 6.61 Å². The molecule has 0 aromatic rings. The number of carbonyl (C=O) groups excluding carboxylic acids is 1. The number of phosphoric ester groups is 1. The molecular formula is C10H19O6P. The Morgan fingerprint density at radius 2 is 1.65 bits per heavy atom. The van der Waals surface area contributed by atoms with Crippen molar-refractivity contribution >= 4 is 13.8 Å². The number of carbonyl (C=O) groups is 1. The van der Waals surface area contributed by atoms with Gasteiger partial charge in [0.2, 0.25) is 0 Å². The lowest BCUT2D eigenvalue weighted by atomic mass is 10.1. The van der Waals surface area contributed by atoms with E-state index in [2.05, 4.69) is 11.1 Å². The molecular weight excluding hydrogens is 247 g/mol. The highest BCUT2D eigenvalue weighted by molar-refractivity contribution is 7.46. The van der Waals surface area contributed by atoms with Crippen LogP contribution in [-0.4, -0.2) is 29.0 Å². The molecule has 6 nitrogen and oxygen atoms in total. The van der Waals surface area contributed by atoms with Gasteiger partial charge in [0.05, 0.1) is 13.2 Å². The molecule has 0 spiro atoms. The average molecular weight is 266 g/mol. The molecule has 0 amide bonds. The summed E-state index contributed by atoms with van der Waals surface area (Å²) in [5, 5.41) is 0. The molecule has 0 saturated heterocycles. The fourth-order valence-electron chi connectivity index (χ4n) is 1.15. The largest absolute Gasteiger partial charge is 0.469 e. The van der Waals surface area contributed by atoms with E-state index in [4.69, 9.17) is 14.5 Å². The first kappa shape index (κ1) is 16.3. The second-order valence-corrected chi connectivity index (χ2v) is 4.70. The van der Waals surface area contributed by atoms with Crippen LogP contribution in [0.1, 0.15) is 32.1 Å². The van der Waals surface area contributed by atoms with Crippen molar-refractivity contribution in [1.29, 1.82) is 0 Å². The molecule has 0 radical (unpaired) electrons. The quantitative estimate of drug-likeness (QED) is 0.271. The summed E-state index contributed by atoms with van der Waals surface area (Å²) in [7, 11) is -4.31. The summed E-state index contributed by atoms with van der Waals surface area (Å²) in [5.74, 6) is -0.417. The van der Waals surface area contributed by atoms with E-state index in [1.807, 2.05) is 0 Å². The first-order valence-corrected chi connectivity index (χ1v) is 6.98. The molecule has 0 unspecified atom stereocenters. The van der Waals surface area contributed by atoms with Crippen LogP contribution in [0.15, 0.2) is 12.7 Å². The first-order valence-electron chi connectivity index (χ1n) is 5.45. The van der Waals surface area contributed by atoms with Gasteiger partial charge in [-0.15, -0.1) is 0 Å². The van der Waals surface area contributed by atoms with Gasteiger partial charge in [-0.3, -0.25) is 4.52 Å². The smallest absolute Gasteiger partial charge is 0.463 e. The average Bonchev–Trinajstić information content (AvgIpc) is 2.25. The van der Waals surface area contributed by atoms with Crippen molar-refractivity contribution in [2.75, 3.05) is 13.2 Å². The van der Waals surface area contributed by atoms with Gasteiger partial charge in [0, 0.05) is 6.08 Å². The van der Waals surface area contributed by atoms with Crippen molar-refractivity contribution in [2.24, 2.45) is 0 Å². The Morgan fingerprint density at radius 1 is 1.12 bits per heavy atom. The lowest BCUT2D eigenvalue weighted by molar-refractivity contribution is -0.137. The molecule has 2 N–H and O–H groups in total. The van der Waals surface area contributed by atoms with Gasteiger partial charge in [-0.1, -0.05) is 25.8 Å².